The van der Waals surface area contributed by atoms with Crippen LogP contribution < -0.4 is 5.32 Å². The number of nitrogens with zero attached hydrogens (tertiary/aromatic N) is 6. The molecule has 0 saturated heterocycles. The highest BCUT2D eigenvalue weighted by molar-refractivity contribution is 6.00. The Morgan fingerprint density at radius 3 is 2.72 bits per heavy atom. The molecule has 0 amide bonds. The molecule has 5 rings (SSSR count). The van der Waals surface area contributed by atoms with Gasteiger partial charge < -0.3 is 14.3 Å². The van der Waals surface area contributed by atoms with Crippen LogP contribution in [0.3, 0.4) is 0 Å². The van der Waals surface area contributed by atoms with Gasteiger partial charge in [0.15, 0.2) is 0 Å². The maximum atomic E-state index is 9.07. The van der Waals surface area contributed by atoms with Crippen molar-refractivity contribution >= 4 is 16.6 Å². The van der Waals surface area contributed by atoms with Crippen LogP contribution in [0.1, 0.15) is 12.0 Å². The van der Waals surface area contributed by atoms with Crippen molar-refractivity contribution < 1.29 is 4.42 Å². The Morgan fingerprint density at radius 1 is 1.09 bits per heavy atom. The average molecular weight is 421 g/mol. The molecule has 0 radical (unpaired) electrons. The molecule has 1 N–H and O–H groups in total. The molecule has 2 aromatic carbocycles. The first-order chi connectivity index (χ1) is 15.8. The van der Waals surface area contributed by atoms with Crippen LogP contribution in [0.5, 0.6) is 0 Å². The van der Waals surface area contributed by atoms with Gasteiger partial charge >= 0.3 is 0 Å². The quantitative estimate of drug-likeness (QED) is 0.385. The minimum atomic E-state index is 0.417. The van der Waals surface area contributed by atoms with Crippen molar-refractivity contribution in [2.45, 2.75) is 13.0 Å². The maximum Gasteiger partial charge on any atom is 0.251 e. The average Bonchev–Trinajstić information content (AvgIpc) is 3.56. The number of nitriles is 1. The lowest BCUT2D eigenvalue weighted by atomic mass is 10.00. The molecular formula is C24H19N7O. The number of fused-ring (bicyclic) bond motifs is 1. The Hall–Kier alpha value is -4.51. The van der Waals surface area contributed by atoms with Gasteiger partial charge in [-0.25, -0.2) is 4.98 Å². The van der Waals surface area contributed by atoms with Gasteiger partial charge in [-0.1, -0.05) is 18.2 Å². The van der Waals surface area contributed by atoms with E-state index < -0.39 is 0 Å². The zero-order chi connectivity index (χ0) is 21.8. The van der Waals surface area contributed by atoms with Gasteiger partial charge in [0.2, 0.25) is 6.39 Å². The van der Waals surface area contributed by atoms with E-state index in [-0.39, 0.29) is 0 Å². The summed E-state index contributed by atoms with van der Waals surface area (Å²) in [6, 6.07) is 15.8. The lowest BCUT2D eigenvalue weighted by Gasteiger charge is -2.14. The van der Waals surface area contributed by atoms with E-state index >= 15 is 0 Å². The van der Waals surface area contributed by atoms with Crippen LogP contribution in [0.25, 0.3) is 33.5 Å². The van der Waals surface area contributed by atoms with Crippen molar-refractivity contribution in [2.24, 2.45) is 0 Å². The highest BCUT2D eigenvalue weighted by Crippen LogP contribution is 2.35. The molecule has 156 valence electrons. The van der Waals surface area contributed by atoms with Crippen molar-refractivity contribution in [2.75, 3.05) is 11.9 Å². The summed E-state index contributed by atoms with van der Waals surface area (Å²) in [6.45, 7) is 1.61. The third-order valence-electron chi connectivity index (χ3n) is 5.26. The zero-order valence-corrected chi connectivity index (χ0v) is 17.1. The molecule has 0 aliphatic carbocycles. The van der Waals surface area contributed by atoms with E-state index in [1.54, 1.807) is 12.4 Å². The van der Waals surface area contributed by atoms with Gasteiger partial charge in [0, 0.05) is 37.1 Å². The van der Waals surface area contributed by atoms with E-state index in [9.17, 15) is 0 Å². The molecule has 8 heteroatoms. The molecule has 8 nitrogen and oxygen atoms in total. The maximum absolute atomic E-state index is 9.07. The van der Waals surface area contributed by atoms with Gasteiger partial charge in [-0.3, -0.25) is 4.98 Å². The Bertz CT molecular complexity index is 1370. The fraction of sp³-hybridized carbons (Fsp3) is 0.125. The SMILES string of the molecule is N#Cc1ccc(-c2ccc3ncc(-c4nnco4)c(NCCCn4ccnc4)c3c2)cc1. The molecule has 3 aromatic heterocycles. The number of hydrogen-bond donors (Lipinski definition) is 1. The third kappa shape index (κ3) is 3.91. The van der Waals surface area contributed by atoms with Gasteiger partial charge in [-0.15, -0.1) is 10.2 Å². The Labute approximate surface area is 184 Å². The van der Waals surface area contributed by atoms with Gasteiger partial charge in [0.1, 0.15) is 0 Å². The number of benzene rings is 2. The fourth-order valence-corrected chi connectivity index (χ4v) is 3.65. The van der Waals surface area contributed by atoms with Crippen LogP contribution in [0.2, 0.25) is 0 Å². The van der Waals surface area contributed by atoms with E-state index in [0.29, 0.717) is 11.5 Å². The van der Waals surface area contributed by atoms with Gasteiger partial charge in [0.25, 0.3) is 5.89 Å². The van der Waals surface area contributed by atoms with E-state index in [0.717, 1.165) is 52.8 Å². The highest BCUT2D eigenvalue weighted by Gasteiger charge is 2.15. The molecular weight excluding hydrogens is 402 g/mol. The minimum Gasteiger partial charge on any atom is -0.423 e. The van der Waals surface area contributed by atoms with Crippen LogP contribution in [-0.2, 0) is 6.54 Å². The smallest absolute Gasteiger partial charge is 0.251 e. The van der Waals surface area contributed by atoms with Crippen LogP contribution in [0, 0.1) is 11.3 Å². The van der Waals surface area contributed by atoms with E-state index in [2.05, 4.69) is 37.6 Å². The molecule has 32 heavy (non-hydrogen) atoms. The molecule has 0 aliphatic rings. The zero-order valence-electron chi connectivity index (χ0n) is 17.1. The van der Waals surface area contributed by atoms with E-state index in [1.165, 1.54) is 6.39 Å². The first-order valence-corrected chi connectivity index (χ1v) is 10.2. The summed E-state index contributed by atoms with van der Waals surface area (Å²) in [5.74, 6) is 0.417. The van der Waals surface area contributed by atoms with Gasteiger partial charge in [0.05, 0.1) is 34.7 Å². The molecule has 0 spiro atoms. The van der Waals surface area contributed by atoms with Crippen molar-refractivity contribution in [3.05, 3.63) is 79.3 Å². The summed E-state index contributed by atoms with van der Waals surface area (Å²) in [4.78, 5) is 8.69. The summed E-state index contributed by atoms with van der Waals surface area (Å²) < 4.78 is 7.52. The first-order valence-electron chi connectivity index (χ1n) is 10.2. The second-order valence-electron chi connectivity index (χ2n) is 7.29. The van der Waals surface area contributed by atoms with Crippen LogP contribution in [-0.4, -0.2) is 31.3 Å². The Kier molecular flexibility index (Phi) is 5.29. The topological polar surface area (TPSA) is 105 Å². The summed E-state index contributed by atoms with van der Waals surface area (Å²) in [5, 5.41) is 21.5. The molecule has 5 aromatic rings. The van der Waals surface area contributed by atoms with Crippen molar-refractivity contribution in [1.29, 1.82) is 5.26 Å². The summed E-state index contributed by atoms with van der Waals surface area (Å²) in [7, 11) is 0. The summed E-state index contributed by atoms with van der Waals surface area (Å²) in [5.41, 5.74) is 5.22. The lowest BCUT2D eigenvalue weighted by molar-refractivity contribution is 0.568. The highest BCUT2D eigenvalue weighted by atomic mass is 16.4. The second-order valence-corrected chi connectivity index (χ2v) is 7.29. The number of rotatable bonds is 7. The van der Waals surface area contributed by atoms with E-state index in [1.807, 2.05) is 53.5 Å². The standard InChI is InChI=1S/C24H19N7O/c25-13-17-2-4-18(5-3-17)19-6-7-22-20(12-19)23(21(14-28-22)24-30-29-16-32-24)27-8-1-10-31-11-9-26-15-31/h2-7,9,11-12,14-16H,1,8,10H2,(H,27,28). The predicted octanol–water partition coefficient (Wildman–Crippen LogP) is 4.52. The summed E-state index contributed by atoms with van der Waals surface area (Å²) in [6.07, 6.45) is 9.54. The Balaban J connectivity index is 1.51. The third-order valence-corrected chi connectivity index (χ3v) is 5.26. The molecule has 3 heterocycles. The lowest BCUT2D eigenvalue weighted by Crippen LogP contribution is -2.07. The monoisotopic (exact) mass is 421 g/mol. The minimum absolute atomic E-state index is 0.417. The fourth-order valence-electron chi connectivity index (χ4n) is 3.65. The largest absolute Gasteiger partial charge is 0.423 e. The summed E-state index contributed by atoms with van der Waals surface area (Å²) >= 11 is 0. The molecule has 0 fully saturated rings. The van der Waals surface area contributed by atoms with Gasteiger partial charge in [-0.2, -0.15) is 5.26 Å². The molecule has 0 saturated carbocycles. The number of anilines is 1. The van der Waals surface area contributed by atoms with Crippen LogP contribution in [0.15, 0.2) is 78.2 Å². The van der Waals surface area contributed by atoms with Crippen LogP contribution >= 0.6 is 0 Å². The Morgan fingerprint density at radius 2 is 1.97 bits per heavy atom. The number of hydrogen-bond acceptors (Lipinski definition) is 7. The van der Waals surface area contributed by atoms with Gasteiger partial charge in [-0.05, 0) is 41.8 Å². The van der Waals surface area contributed by atoms with Crippen molar-refractivity contribution in [3.8, 4) is 28.7 Å². The number of imidazole rings is 1. The number of nitrogens with one attached hydrogen (secondary N) is 1. The molecule has 0 unspecified atom stereocenters. The number of aromatic nitrogens is 5. The number of pyridine rings is 1. The molecule has 0 aliphatic heterocycles. The molecule has 0 atom stereocenters. The number of aryl methyl sites for hydroxylation is 1. The predicted molar refractivity (Wildman–Crippen MR) is 121 cm³/mol. The normalized spacial score (nSPS) is 10.8. The van der Waals surface area contributed by atoms with Crippen LogP contribution in [0.4, 0.5) is 5.69 Å². The van der Waals surface area contributed by atoms with Crippen molar-refractivity contribution in [3.63, 3.8) is 0 Å². The van der Waals surface area contributed by atoms with E-state index in [4.69, 9.17) is 9.68 Å². The molecule has 0 bridgehead atoms. The van der Waals surface area contributed by atoms with Crippen molar-refractivity contribution in [1.82, 2.24) is 24.7 Å². The first kappa shape index (κ1) is 19.5. The second kappa shape index (κ2) is 8.70.